The van der Waals surface area contributed by atoms with Crippen molar-refractivity contribution in [3.63, 3.8) is 0 Å². The lowest BCUT2D eigenvalue weighted by Gasteiger charge is -2.33. The molecule has 3 rings (SSSR count). The molecular weight excluding hydrogens is 313 g/mol. The van der Waals surface area contributed by atoms with Gasteiger partial charge in [-0.3, -0.25) is 15.0 Å². The molecule has 2 N–H and O–H groups in total. The number of nitrogens with one attached hydrogen (secondary N) is 2. The molecule has 1 aromatic carbocycles. The zero-order valence-electron chi connectivity index (χ0n) is 13.5. The number of carbonyl (C=O) groups is 3. The van der Waals surface area contributed by atoms with Crippen molar-refractivity contribution in [2.45, 2.75) is 44.6 Å². The van der Waals surface area contributed by atoms with E-state index in [1.54, 1.807) is 6.07 Å². The van der Waals surface area contributed by atoms with E-state index >= 15 is 0 Å². The van der Waals surface area contributed by atoms with Crippen LogP contribution in [0.15, 0.2) is 24.3 Å². The van der Waals surface area contributed by atoms with Gasteiger partial charge < -0.3 is 5.32 Å². The highest BCUT2D eigenvalue weighted by Crippen LogP contribution is 2.35. The number of amides is 4. The van der Waals surface area contributed by atoms with Crippen molar-refractivity contribution in [3.8, 4) is 0 Å². The molecule has 1 saturated carbocycles. The van der Waals surface area contributed by atoms with Crippen LogP contribution in [0.4, 0.5) is 9.18 Å². The summed E-state index contributed by atoms with van der Waals surface area (Å²) in [5.74, 6) is -0.861. The third-order valence-electron chi connectivity index (χ3n) is 4.78. The molecule has 2 fully saturated rings. The maximum absolute atomic E-state index is 13.2. The van der Waals surface area contributed by atoms with Gasteiger partial charge in [-0.05, 0) is 49.3 Å². The van der Waals surface area contributed by atoms with E-state index in [9.17, 15) is 18.8 Å². The number of benzene rings is 1. The van der Waals surface area contributed by atoms with Crippen LogP contribution < -0.4 is 10.7 Å². The van der Waals surface area contributed by atoms with E-state index in [2.05, 4.69) is 17.7 Å². The summed E-state index contributed by atoms with van der Waals surface area (Å²) in [6.45, 7) is 2.12. The zero-order valence-corrected chi connectivity index (χ0v) is 13.5. The quantitative estimate of drug-likeness (QED) is 0.829. The molecule has 0 radical (unpaired) electrons. The number of hydrogen-bond acceptors (Lipinski definition) is 3. The second-order valence-corrected chi connectivity index (χ2v) is 6.68. The average molecular weight is 333 g/mol. The Morgan fingerprint density at radius 1 is 1.38 bits per heavy atom. The summed E-state index contributed by atoms with van der Waals surface area (Å²) >= 11 is 0. The highest BCUT2D eigenvalue weighted by molar-refractivity contribution is 6.08. The summed E-state index contributed by atoms with van der Waals surface area (Å²) in [7, 11) is 0. The molecule has 1 aliphatic heterocycles. The van der Waals surface area contributed by atoms with Gasteiger partial charge in [-0.15, -0.1) is 0 Å². The monoisotopic (exact) mass is 333 g/mol. The Bertz CT molecular complexity index is 683. The molecule has 1 aliphatic carbocycles. The molecule has 2 aliphatic rings. The Hall–Kier alpha value is -2.44. The third-order valence-corrected chi connectivity index (χ3v) is 4.78. The maximum Gasteiger partial charge on any atom is 0.344 e. The first kappa shape index (κ1) is 16.4. The Morgan fingerprint density at radius 3 is 2.75 bits per heavy atom. The molecule has 128 valence electrons. The van der Waals surface area contributed by atoms with E-state index in [0.717, 1.165) is 17.9 Å². The summed E-state index contributed by atoms with van der Waals surface area (Å²) in [5, 5.41) is 3.49. The van der Waals surface area contributed by atoms with Crippen LogP contribution in [0.2, 0.25) is 0 Å². The summed E-state index contributed by atoms with van der Waals surface area (Å²) < 4.78 is 13.2. The molecule has 0 bridgehead atoms. The molecule has 1 aromatic rings. The molecule has 1 heterocycles. The third kappa shape index (κ3) is 3.11. The largest absolute Gasteiger partial charge is 0.344 e. The summed E-state index contributed by atoms with van der Waals surface area (Å²) in [6.07, 6.45) is 2.76. The maximum atomic E-state index is 13.2. The van der Waals surface area contributed by atoms with Crippen LogP contribution in [0.5, 0.6) is 0 Å². The topological polar surface area (TPSA) is 78.5 Å². The van der Waals surface area contributed by atoms with Gasteiger partial charge in [0.15, 0.2) is 0 Å². The first-order valence-electron chi connectivity index (χ1n) is 8.10. The number of urea groups is 1. The molecule has 7 heteroatoms. The van der Waals surface area contributed by atoms with Gasteiger partial charge in [0.2, 0.25) is 5.91 Å². The Kier molecular flexibility index (Phi) is 4.26. The number of imide groups is 1. The van der Waals surface area contributed by atoms with Crippen molar-refractivity contribution in [2.75, 3.05) is 0 Å². The normalized spacial score (nSPS) is 26.6. The van der Waals surface area contributed by atoms with E-state index in [1.807, 2.05) is 0 Å². The van der Waals surface area contributed by atoms with Gasteiger partial charge in [0.05, 0.1) is 6.42 Å². The van der Waals surface area contributed by atoms with Crippen molar-refractivity contribution in [2.24, 2.45) is 5.92 Å². The molecule has 1 saturated heterocycles. The Balaban J connectivity index is 1.65. The number of nitrogens with zero attached hydrogens (tertiary/aromatic N) is 1. The average Bonchev–Trinajstić information content (AvgIpc) is 2.75. The van der Waals surface area contributed by atoms with Crippen LogP contribution in [0.1, 0.15) is 38.2 Å². The SMILES string of the molecule is CC1CCC2(CC1)NC(=O)N(NC(=O)Cc1cccc(F)c1)C2=O. The van der Waals surface area contributed by atoms with Gasteiger partial charge in [-0.25, -0.2) is 9.18 Å². The highest BCUT2D eigenvalue weighted by Gasteiger charge is 2.52. The van der Waals surface area contributed by atoms with Gasteiger partial charge in [0, 0.05) is 0 Å². The van der Waals surface area contributed by atoms with E-state index in [-0.39, 0.29) is 6.42 Å². The molecular formula is C17H20FN3O3. The standard InChI is InChI=1S/C17H20FN3O3/c1-11-5-7-17(8-6-11)15(23)21(16(24)19-17)20-14(22)10-12-3-2-4-13(18)9-12/h2-4,9,11H,5-8,10H2,1H3,(H,19,24)(H,20,22). The predicted molar refractivity (Wildman–Crippen MR) is 84.0 cm³/mol. The Labute approximate surface area is 139 Å². The lowest BCUT2D eigenvalue weighted by atomic mass is 9.77. The molecule has 24 heavy (non-hydrogen) atoms. The molecule has 0 atom stereocenters. The summed E-state index contributed by atoms with van der Waals surface area (Å²) in [6, 6.07) is 5.03. The fourth-order valence-electron chi connectivity index (χ4n) is 3.31. The van der Waals surface area contributed by atoms with E-state index in [0.29, 0.717) is 24.3 Å². The van der Waals surface area contributed by atoms with Crippen molar-refractivity contribution in [3.05, 3.63) is 35.6 Å². The molecule has 1 spiro atoms. The summed E-state index contributed by atoms with van der Waals surface area (Å²) in [4.78, 5) is 36.8. The predicted octanol–water partition coefficient (Wildman–Crippen LogP) is 1.90. The van der Waals surface area contributed by atoms with Crippen LogP contribution in [0, 0.1) is 11.7 Å². The van der Waals surface area contributed by atoms with E-state index < -0.39 is 29.2 Å². The number of hydrogen-bond donors (Lipinski definition) is 2. The van der Waals surface area contributed by atoms with Crippen LogP contribution in [0.25, 0.3) is 0 Å². The zero-order chi connectivity index (χ0) is 17.3. The highest BCUT2D eigenvalue weighted by atomic mass is 19.1. The van der Waals surface area contributed by atoms with Crippen LogP contribution in [-0.2, 0) is 16.0 Å². The van der Waals surface area contributed by atoms with Crippen molar-refractivity contribution in [1.82, 2.24) is 15.8 Å². The molecule has 4 amide bonds. The van der Waals surface area contributed by atoms with Gasteiger partial charge in [0.25, 0.3) is 5.91 Å². The van der Waals surface area contributed by atoms with Gasteiger partial charge >= 0.3 is 6.03 Å². The first-order chi connectivity index (χ1) is 11.4. The Morgan fingerprint density at radius 2 is 2.08 bits per heavy atom. The second-order valence-electron chi connectivity index (χ2n) is 6.68. The van der Waals surface area contributed by atoms with Crippen molar-refractivity contribution < 1.29 is 18.8 Å². The fraction of sp³-hybridized carbons (Fsp3) is 0.471. The van der Waals surface area contributed by atoms with E-state index in [1.165, 1.54) is 18.2 Å². The van der Waals surface area contributed by atoms with Crippen molar-refractivity contribution >= 4 is 17.8 Å². The van der Waals surface area contributed by atoms with Gasteiger partial charge in [-0.2, -0.15) is 5.01 Å². The number of carbonyl (C=O) groups excluding carboxylic acids is 3. The molecule has 0 unspecified atom stereocenters. The molecule has 0 aromatic heterocycles. The fourth-order valence-corrected chi connectivity index (χ4v) is 3.31. The number of rotatable bonds is 3. The van der Waals surface area contributed by atoms with Crippen molar-refractivity contribution in [1.29, 1.82) is 0 Å². The number of hydrazine groups is 1. The minimum absolute atomic E-state index is 0.112. The lowest BCUT2D eigenvalue weighted by molar-refractivity contribution is -0.139. The van der Waals surface area contributed by atoms with E-state index in [4.69, 9.17) is 0 Å². The van der Waals surface area contributed by atoms with Crippen LogP contribution in [0.3, 0.4) is 0 Å². The van der Waals surface area contributed by atoms with Crippen LogP contribution in [-0.4, -0.2) is 28.4 Å². The smallest absolute Gasteiger partial charge is 0.322 e. The minimum atomic E-state index is -0.893. The summed E-state index contributed by atoms with van der Waals surface area (Å²) in [5.41, 5.74) is 1.92. The second kappa shape index (κ2) is 6.22. The van der Waals surface area contributed by atoms with Gasteiger partial charge in [-0.1, -0.05) is 19.1 Å². The van der Waals surface area contributed by atoms with Crippen LogP contribution >= 0.6 is 0 Å². The number of halogens is 1. The lowest BCUT2D eigenvalue weighted by Crippen LogP contribution is -2.51. The minimum Gasteiger partial charge on any atom is -0.322 e. The van der Waals surface area contributed by atoms with Gasteiger partial charge in [0.1, 0.15) is 11.4 Å². The molecule has 6 nitrogen and oxygen atoms in total. The first-order valence-corrected chi connectivity index (χ1v) is 8.10.